The number of amides is 1. The van der Waals surface area contributed by atoms with E-state index in [0.29, 0.717) is 0 Å². The molecule has 0 radical (unpaired) electrons. The molecule has 1 atom stereocenters. The van der Waals surface area contributed by atoms with Gasteiger partial charge in [0, 0.05) is 71.8 Å². The van der Waals surface area contributed by atoms with E-state index in [2.05, 4.69) is 60.8 Å². The highest BCUT2D eigenvalue weighted by molar-refractivity contribution is 5.82. The number of carbonyl (C=O) groups is 1. The summed E-state index contributed by atoms with van der Waals surface area (Å²) >= 11 is 0. The number of hydrogen-bond donors (Lipinski definition) is 1. The summed E-state index contributed by atoms with van der Waals surface area (Å²) in [5.74, 6) is 1.21. The van der Waals surface area contributed by atoms with Crippen LogP contribution in [0.3, 0.4) is 0 Å². The van der Waals surface area contributed by atoms with Crippen molar-refractivity contribution in [2.45, 2.75) is 38.9 Å². The van der Waals surface area contributed by atoms with E-state index >= 15 is 0 Å². The van der Waals surface area contributed by atoms with Gasteiger partial charge >= 0.3 is 0 Å². The van der Waals surface area contributed by atoms with Crippen LogP contribution in [0.25, 0.3) is 0 Å². The number of carbonyl (C=O) groups excluding carboxylic acids is 1. The number of aliphatic imine (C=N–C) groups is 1. The fourth-order valence-corrected chi connectivity index (χ4v) is 4.62. The third-order valence-electron chi connectivity index (χ3n) is 6.51. The van der Waals surface area contributed by atoms with Gasteiger partial charge in [-0.1, -0.05) is 24.3 Å². The van der Waals surface area contributed by atoms with Crippen LogP contribution in [0.15, 0.2) is 48.0 Å². The Balaban J connectivity index is 1.26. The zero-order valence-corrected chi connectivity index (χ0v) is 19.3. The van der Waals surface area contributed by atoms with E-state index in [4.69, 9.17) is 0 Å². The molecule has 1 unspecified atom stereocenters. The number of aromatic nitrogens is 2. The molecule has 1 N–H and O–H groups in total. The van der Waals surface area contributed by atoms with Crippen molar-refractivity contribution in [1.29, 1.82) is 0 Å². The SMILES string of the molecule is CN=C(NCc1cccc(Cn2ccnc2)c1)N1CCN(C(C)C(=O)N2CCCC2)CC1. The molecule has 4 rings (SSSR count). The Morgan fingerprint density at radius 2 is 1.84 bits per heavy atom. The van der Waals surface area contributed by atoms with Gasteiger partial charge in [0.05, 0.1) is 12.4 Å². The van der Waals surface area contributed by atoms with Gasteiger partial charge < -0.3 is 19.7 Å². The Morgan fingerprint density at radius 1 is 1.09 bits per heavy atom. The lowest BCUT2D eigenvalue weighted by Crippen LogP contribution is -2.57. The summed E-state index contributed by atoms with van der Waals surface area (Å²) in [4.78, 5) is 28.0. The molecular weight excluding hydrogens is 402 g/mol. The van der Waals surface area contributed by atoms with Crippen LogP contribution in [-0.2, 0) is 17.9 Å². The molecule has 2 aliphatic heterocycles. The second kappa shape index (κ2) is 10.6. The van der Waals surface area contributed by atoms with Crippen molar-refractivity contribution < 1.29 is 4.79 Å². The number of nitrogens with zero attached hydrogens (tertiary/aromatic N) is 6. The van der Waals surface area contributed by atoms with Gasteiger partial charge in [-0.2, -0.15) is 0 Å². The Kier molecular flexibility index (Phi) is 7.42. The number of benzene rings is 1. The summed E-state index contributed by atoms with van der Waals surface area (Å²) in [6.45, 7) is 8.94. The third kappa shape index (κ3) is 5.48. The molecule has 1 aromatic carbocycles. The molecule has 172 valence electrons. The lowest BCUT2D eigenvalue weighted by Gasteiger charge is -2.39. The minimum Gasteiger partial charge on any atom is -0.352 e. The van der Waals surface area contributed by atoms with E-state index in [1.807, 2.05) is 24.5 Å². The van der Waals surface area contributed by atoms with Crippen molar-refractivity contribution in [3.8, 4) is 0 Å². The predicted molar refractivity (Wildman–Crippen MR) is 126 cm³/mol. The Labute approximate surface area is 190 Å². The van der Waals surface area contributed by atoms with Gasteiger partial charge in [0.25, 0.3) is 0 Å². The second-order valence-corrected chi connectivity index (χ2v) is 8.69. The molecule has 0 saturated carbocycles. The average molecular weight is 438 g/mol. The molecule has 2 fully saturated rings. The van der Waals surface area contributed by atoms with Crippen molar-refractivity contribution in [2.24, 2.45) is 4.99 Å². The van der Waals surface area contributed by atoms with Gasteiger partial charge in [-0.25, -0.2) is 4.98 Å². The predicted octanol–water partition coefficient (Wildman–Crippen LogP) is 1.64. The number of hydrogen-bond acceptors (Lipinski definition) is 4. The highest BCUT2D eigenvalue weighted by atomic mass is 16.2. The minimum absolute atomic E-state index is 0.0385. The van der Waals surface area contributed by atoms with Crippen LogP contribution in [-0.4, -0.2) is 88.5 Å². The summed E-state index contributed by atoms with van der Waals surface area (Å²) in [7, 11) is 1.84. The van der Waals surface area contributed by atoms with Gasteiger partial charge in [0.2, 0.25) is 5.91 Å². The second-order valence-electron chi connectivity index (χ2n) is 8.69. The Bertz CT molecular complexity index is 897. The van der Waals surface area contributed by atoms with Crippen LogP contribution in [0.1, 0.15) is 30.9 Å². The van der Waals surface area contributed by atoms with Crippen LogP contribution in [0.4, 0.5) is 0 Å². The first-order valence-electron chi connectivity index (χ1n) is 11.7. The zero-order chi connectivity index (χ0) is 22.3. The molecule has 32 heavy (non-hydrogen) atoms. The molecule has 1 amide bonds. The van der Waals surface area contributed by atoms with Crippen molar-refractivity contribution >= 4 is 11.9 Å². The Hall–Kier alpha value is -2.87. The molecule has 2 saturated heterocycles. The molecule has 0 bridgehead atoms. The molecule has 0 spiro atoms. The van der Waals surface area contributed by atoms with Crippen molar-refractivity contribution in [2.75, 3.05) is 46.3 Å². The van der Waals surface area contributed by atoms with Crippen molar-refractivity contribution in [1.82, 2.24) is 29.6 Å². The summed E-state index contributed by atoms with van der Waals surface area (Å²) in [5, 5.41) is 3.52. The molecule has 2 aliphatic rings. The highest BCUT2D eigenvalue weighted by Crippen LogP contribution is 2.14. The van der Waals surface area contributed by atoms with Gasteiger partial charge in [-0.3, -0.25) is 14.7 Å². The highest BCUT2D eigenvalue weighted by Gasteiger charge is 2.30. The third-order valence-corrected chi connectivity index (χ3v) is 6.51. The van der Waals surface area contributed by atoms with Gasteiger partial charge in [-0.15, -0.1) is 0 Å². The number of rotatable bonds is 6. The van der Waals surface area contributed by atoms with Crippen LogP contribution in [0, 0.1) is 0 Å². The molecular formula is C24H35N7O. The smallest absolute Gasteiger partial charge is 0.239 e. The van der Waals surface area contributed by atoms with Crippen molar-refractivity contribution in [3.63, 3.8) is 0 Å². The fourth-order valence-electron chi connectivity index (χ4n) is 4.62. The van der Waals surface area contributed by atoms with E-state index in [1.165, 1.54) is 11.1 Å². The summed E-state index contributed by atoms with van der Waals surface area (Å²) in [6, 6.07) is 8.57. The largest absolute Gasteiger partial charge is 0.352 e. The summed E-state index contributed by atoms with van der Waals surface area (Å²) in [6.07, 6.45) is 7.90. The summed E-state index contributed by atoms with van der Waals surface area (Å²) < 4.78 is 2.07. The quantitative estimate of drug-likeness (QED) is 0.550. The van der Waals surface area contributed by atoms with E-state index in [9.17, 15) is 4.79 Å². The lowest BCUT2D eigenvalue weighted by atomic mass is 10.1. The minimum atomic E-state index is -0.0385. The van der Waals surface area contributed by atoms with Crippen LogP contribution in [0.2, 0.25) is 0 Å². The van der Waals surface area contributed by atoms with E-state index in [1.54, 1.807) is 6.20 Å². The molecule has 0 aliphatic carbocycles. The average Bonchev–Trinajstić information content (AvgIpc) is 3.54. The van der Waals surface area contributed by atoms with E-state index in [-0.39, 0.29) is 11.9 Å². The summed E-state index contributed by atoms with van der Waals surface area (Å²) in [5.41, 5.74) is 2.48. The number of guanidine groups is 1. The number of imidazole rings is 1. The van der Waals surface area contributed by atoms with Crippen molar-refractivity contribution in [3.05, 3.63) is 54.1 Å². The first-order valence-corrected chi connectivity index (χ1v) is 11.7. The normalized spacial score (nSPS) is 18.8. The standard InChI is InChI=1S/C24H35N7O/c1-20(23(32)30-9-3-4-10-30)29-12-14-31(15-13-29)24(25-2)27-17-21-6-5-7-22(16-21)18-28-11-8-26-19-28/h5-8,11,16,19-20H,3-4,9-10,12-15,17-18H2,1-2H3,(H,25,27). The van der Waals surface area contributed by atoms with Crippen LogP contribution < -0.4 is 5.32 Å². The van der Waals surface area contributed by atoms with E-state index < -0.39 is 0 Å². The number of likely N-dealkylation sites (tertiary alicyclic amines) is 1. The maximum atomic E-state index is 12.7. The van der Waals surface area contributed by atoms with Crippen LogP contribution in [0.5, 0.6) is 0 Å². The topological polar surface area (TPSA) is 69.0 Å². The maximum Gasteiger partial charge on any atom is 0.239 e. The maximum absolute atomic E-state index is 12.7. The molecule has 8 heteroatoms. The first-order chi connectivity index (χ1) is 15.6. The zero-order valence-electron chi connectivity index (χ0n) is 19.3. The van der Waals surface area contributed by atoms with Gasteiger partial charge in [0.15, 0.2) is 5.96 Å². The lowest BCUT2D eigenvalue weighted by molar-refractivity contribution is -0.135. The van der Waals surface area contributed by atoms with Crippen LogP contribution >= 0.6 is 0 Å². The molecule has 1 aromatic heterocycles. The van der Waals surface area contributed by atoms with Gasteiger partial charge in [0.1, 0.15) is 0 Å². The van der Waals surface area contributed by atoms with Gasteiger partial charge in [-0.05, 0) is 30.9 Å². The number of nitrogens with one attached hydrogen (secondary N) is 1. The first kappa shape index (κ1) is 22.3. The number of piperazine rings is 1. The molecule has 3 heterocycles. The molecule has 2 aromatic rings. The fraction of sp³-hybridized carbons (Fsp3) is 0.542. The van der Waals surface area contributed by atoms with E-state index in [0.717, 1.165) is 71.2 Å². The monoisotopic (exact) mass is 437 g/mol. The molecule has 8 nitrogen and oxygen atoms in total. The Morgan fingerprint density at radius 3 is 2.53 bits per heavy atom.